The van der Waals surface area contributed by atoms with Crippen LogP contribution in [-0.2, 0) is 0 Å². The SMILES string of the molecule is C1=Cc2ccccc2C2CC=C(n3c4ccccc4c4c5c6ccccc6c(-c6ccc7c(ccc8ccccc87)c6)cc5c5ccccc5c43)C=C12. The number of nitrogens with zero attached hydrogens (tertiary/aromatic N) is 1. The van der Waals surface area contributed by atoms with E-state index in [-0.39, 0.29) is 0 Å². The van der Waals surface area contributed by atoms with Gasteiger partial charge in [-0.1, -0.05) is 158 Å². The van der Waals surface area contributed by atoms with Crippen LogP contribution in [0.25, 0.3) is 98.6 Å². The molecule has 0 bridgehead atoms. The van der Waals surface area contributed by atoms with Gasteiger partial charge >= 0.3 is 0 Å². The average Bonchev–Trinajstić information content (AvgIpc) is 3.58. The quantitative estimate of drug-likeness (QED) is 0.161. The van der Waals surface area contributed by atoms with Gasteiger partial charge in [0.1, 0.15) is 0 Å². The van der Waals surface area contributed by atoms with E-state index in [4.69, 9.17) is 0 Å². The van der Waals surface area contributed by atoms with Crippen LogP contribution in [0.3, 0.4) is 0 Å². The minimum atomic E-state index is 0.391. The summed E-state index contributed by atoms with van der Waals surface area (Å²) in [6, 6.07) is 58.7. The molecule has 1 heterocycles. The Hall–Kier alpha value is -6.70. The molecule has 2 aliphatic carbocycles. The van der Waals surface area contributed by atoms with Gasteiger partial charge in [0.2, 0.25) is 0 Å². The zero-order valence-corrected chi connectivity index (χ0v) is 29.1. The van der Waals surface area contributed by atoms with Crippen LogP contribution in [0.4, 0.5) is 0 Å². The van der Waals surface area contributed by atoms with Crippen LogP contribution < -0.4 is 0 Å². The van der Waals surface area contributed by atoms with Crippen LogP contribution in [0.2, 0.25) is 0 Å². The molecule has 0 amide bonds. The molecule has 0 spiro atoms. The van der Waals surface area contributed by atoms with Crippen molar-refractivity contribution in [3.8, 4) is 11.1 Å². The Morgan fingerprint density at radius 2 is 1.17 bits per heavy atom. The second kappa shape index (κ2) is 10.9. The number of hydrogen-bond acceptors (Lipinski definition) is 0. The highest BCUT2D eigenvalue weighted by Gasteiger charge is 2.26. The molecule has 1 aromatic heterocycles. The molecule has 246 valence electrons. The Bertz CT molecular complexity index is 3310. The Labute approximate surface area is 307 Å². The first-order chi connectivity index (χ1) is 26.3. The Kier molecular flexibility index (Phi) is 5.95. The summed E-state index contributed by atoms with van der Waals surface area (Å²) in [4.78, 5) is 0. The topological polar surface area (TPSA) is 4.93 Å². The van der Waals surface area contributed by atoms with Crippen molar-refractivity contribution in [3.63, 3.8) is 0 Å². The lowest BCUT2D eigenvalue weighted by Gasteiger charge is -2.28. The summed E-state index contributed by atoms with van der Waals surface area (Å²) in [6.45, 7) is 0. The number of rotatable bonds is 2. The molecule has 0 radical (unpaired) electrons. The van der Waals surface area contributed by atoms with Crippen molar-refractivity contribution in [2.24, 2.45) is 0 Å². The van der Waals surface area contributed by atoms with Crippen molar-refractivity contribution in [2.45, 2.75) is 12.3 Å². The Morgan fingerprint density at radius 3 is 2.08 bits per heavy atom. The van der Waals surface area contributed by atoms with Crippen LogP contribution in [-0.4, -0.2) is 4.57 Å². The first-order valence-corrected chi connectivity index (χ1v) is 18.7. The standard InChI is InChI=1S/C52H33N/c1-3-13-38-32(11-1)21-23-34-29-35(25-27-40(34)38)47-31-48-43-16-6-8-18-45(43)52-51(50(48)44-17-7-5-15-42(44)47)46-19-9-10-20-49(46)53(52)37-26-28-41-36(30-37)24-22-33-12-2-4-14-39(33)41/h1-27,29-31,41H,28H2. The van der Waals surface area contributed by atoms with E-state index in [1.807, 2.05) is 0 Å². The molecule has 1 heteroatoms. The zero-order valence-electron chi connectivity index (χ0n) is 29.1. The summed E-state index contributed by atoms with van der Waals surface area (Å²) >= 11 is 0. The zero-order chi connectivity index (χ0) is 34.6. The van der Waals surface area contributed by atoms with Crippen molar-refractivity contribution in [2.75, 3.05) is 0 Å². The van der Waals surface area contributed by atoms with Gasteiger partial charge in [-0.25, -0.2) is 0 Å². The minimum absolute atomic E-state index is 0.391. The molecule has 0 fully saturated rings. The van der Waals surface area contributed by atoms with Gasteiger partial charge in [0, 0.05) is 33.2 Å². The molecular weight excluding hydrogens is 639 g/mol. The van der Waals surface area contributed by atoms with Crippen molar-refractivity contribution in [3.05, 3.63) is 193 Å². The van der Waals surface area contributed by atoms with Crippen molar-refractivity contribution in [1.82, 2.24) is 4.57 Å². The number of hydrogen-bond donors (Lipinski definition) is 0. The fourth-order valence-electron chi connectivity index (χ4n) is 9.71. The summed E-state index contributed by atoms with van der Waals surface area (Å²) in [6.07, 6.45) is 10.5. The summed E-state index contributed by atoms with van der Waals surface area (Å²) < 4.78 is 2.56. The van der Waals surface area contributed by atoms with Crippen LogP contribution in [0.5, 0.6) is 0 Å². The predicted molar refractivity (Wildman–Crippen MR) is 228 cm³/mol. The van der Waals surface area contributed by atoms with Crippen LogP contribution in [0.1, 0.15) is 23.5 Å². The molecule has 1 atom stereocenters. The highest BCUT2D eigenvalue weighted by atomic mass is 15.0. The first kappa shape index (κ1) is 28.9. The van der Waals surface area contributed by atoms with E-state index in [0.29, 0.717) is 5.92 Å². The molecule has 1 unspecified atom stereocenters. The lowest BCUT2D eigenvalue weighted by Crippen LogP contribution is -2.11. The third kappa shape index (κ3) is 4.08. The second-order valence-corrected chi connectivity index (χ2v) is 14.8. The van der Waals surface area contributed by atoms with Crippen molar-refractivity contribution in [1.29, 1.82) is 0 Å². The minimum Gasteiger partial charge on any atom is -0.309 e. The fourth-order valence-corrected chi connectivity index (χ4v) is 9.71. The lowest BCUT2D eigenvalue weighted by atomic mass is 9.79. The smallest absolute Gasteiger partial charge is 0.0626 e. The van der Waals surface area contributed by atoms with E-state index in [2.05, 4.69) is 187 Å². The number of para-hydroxylation sites is 1. The summed E-state index contributed by atoms with van der Waals surface area (Å²) in [7, 11) is 0. The van der Waals surface area contributed by atoms with E-state index < -0.39 is 0 Å². The van der Waals surface area contributed by atoms with Crippen LogP contribution >= 0.6 is 0 Å². The molecule has 0 saturated carbocycles. The molecular formula is C52H33N. The third-order valence-electron chi connectivity index (χ3n) is 12.1. The maximum absolute atomic E-state index is 2.56. The highest BCUT2D eigenvalue weighted by molar-refractivity contribution is 6.38. The summed E-state index contributed by atoms with van der Waals surface area (Å²) in [5.41, 5.74) is 10.4. The van der Waals surface area contributed by atoms with Gasteiger partial charge in [0.05, 0.1) is 11.0 Å². The molecule has 9 aromatic carbocycles. The Balaban J connectivity index is 1.17. The number of benzene rings is 9. The van der Waals surface area contributed by atoms with E-state index in [9.17, 15) is 0 Å². The Morgan fingerprint density at radius 1 is 0.472 bits per heavy atom. The van der Waals surface area contributed by atoms with Crippen LogP contribution in [0, 0.1) is 0 Å². The molecule has 0 saturated heterocycles. The molecule has 53 heavy (non-hydrogen) atoms. The molecule has 0 aliphatic heterocycles. The van der Waals surface area contributed by atoms with Gasteiger partial charge in [0.15, 0.2) is 0 Å². The second-order valence-electron chi connectivity index (χ2n) is 14.8. The number of allylic oxidation sites excluding steroid dienone is 5. The van der Waals surface area contributed by atoms with Gasteiger partial charge in [-0.3, -0.25) is 0 Å². The molecule has 10 aromatic rings. The molecule has 0 N–H and O–H groups in total. The summed E-state index contributed by atoms with van der Waals surface area (Å²) in [5, 5.41) is 15.5. The van der Waals surface area contributed by atoms with E-state index in [1.165, 1.54) is 109 Å². The lowest BCUT2D eigenvalue weighted by molar-refractivity contribution is 0.808. The maximum atomic E-state index is 2.56. The van der Waals surface area contributed by atoms with Crippen molar-refractivity contribution >= 4 is 87.4 Å². The van der Waals surface area contributed by atoms with Gasteiger partial charge in [0.25, 0.3) is 0 Å². The van der Waals surface area contributed by atoms with Gasteiger partial charge in [-0.2, -0.15) is 0 Å². The average molecular weight is 672 g/mol. The van der Waals surface area contributed by atoms with Crippen molar-refractivity contribution < 1.29 is 0 Å². The van der Waals surface area contributed by atoms with E-state index in [1.54, 1.807) is 0 Å². The first-order valence-electron chi connectivity index (χ1n) is 18.7. The third-order valence-corrected chi connectivity index (χ3v) is 12.1. The van der Waals surface area contributed by atoms with Crippen LogP contribution in [0.15, 0.2) is 182 Å². The monoisotopic (exact) mass is 671 g/mol. The maximum Gasteiger partial charge on any atom is 0.0626 e. The number of fused-ring (bicyclic) bond motifs is 16. The summed E-state index contributed by atoms with van der Waals surface area (Å²) in [5.74, 6) is 0.391. The van der Waals surface area contributed by atoms with Gasteiger partial charge < -0.3 is 4.57 Å². The molecule has 1 nitrogen and oxygen atoms in total. The number of aromatic nitrogens is 1. The highest BCUT2D eigenvalue weighted by Crippen LogP contribution is 2.48. The normalized spacial score (nSPS) is 15.4. The molecule has 2 aliphatic rings. The van der Waals surface area contributed by atoms with E-state index in [0.717, 1.165) is 6.42 Å². The van der Waals surface area contributed by atoms with Gasteiger partial charge in [-0.05, 0) is 102 Å². The van der Waals surface area contributed by atoms with Gasteiger partial charge in [-0.15, -0.1) is 0 Å². The van der Waals surface area contributed by atoms with E-state index >= 15 is 0 Å². The fraction of sp³-hybridized carbons (Fsp3) is 0.0385. The largest absolute Gasteiger partial charge is 0.309 e. The predicted octanol–water partition coefficient (Wildman–Crippen LogP) is 14.2. The molecule has 12 rings (SSSR count).